The van der Waals surface area contributed by atoms with E-state index in [2.05, 4.69) is 17.3 Å². The number of aryl methyl sites for hydroxylation is 1. The van der Waals surface area contributed by atoms with Crippen LogP contribution in [0, 0.1) is 5.92 Å². The molecule has 1 unspecified atom stereocenters. The van der Waals surface area contributed by atoms with Gasteiger partial charge in [-0.2, -0.15) is 5.10 Å². The van der Waals surface area contributed by atoms with Crippen LogP contribution in [0.4, 0.5) is 5.69 Å². The number of amides is 1. The molecule has 0 aliphatic carbocycles. The van der Waals surface area contributed by atoms with E-state index in [0.29, 0.717) is 18.7 Å². The lowest BCUT2D eigenvalue weighted by molar-refractivity contribution is 0.0621. The van der Waals surface area contributed by atoms with Crippen molar-refractivity contribution in [2.45, 2.75) is 32.9 Å². The minimum atomic E-state index is 0.0422. The highest BCUT2D eigenvalue weighted by atomic mass is 16.3. The second-order valence-corrected chi connectivity index (χ2v) is 6.58. The molecule has 1 aliphatic rings. The number of carbonyl (C=O) groups is 1. The first-order valence-corrected chi connectivity index (χ1v) is 8.95. The van der Waals surface area contributed by atoms with Crippen LogP contribution < -0.4 is 5.32 Å². The number of carbonyl (C=O) groups excluding carboxylic acids is 1. The molecule has 1 aromatic heterocycles. The van der Waals surface area contributed by atoms with Gasteiger partial charge < -0.3 is 15.3 Å². The number of aliphatic hydroxyl groups excluding tert-OH is 1. The predicted octanol–water partition coefficient (Wildman–Crippen LogP) is 2.36. The van der Waals surface area contributed by atoms with Gasteiger partial charge in [0.05, 0.1) is 6.20 Å². The number of nitrogens with zero attached hydrogens (tertiary/aromatic N) is 3. The quantitative estimate of drug-likeness (QED) is 0.845. The lowest BCUT2D eigenvalue weighted by atomic mass is 9.98. The summed E-state index contributed by atoms with van der Waals surface area (Å²) in [4.78, 5) is 14.6. The van der Waals surface area contributed by atoms with Crippen molar-refractivity contribution in [3.05, 3.63) is 47.8 Å². The lowest BCUT2D eigenvalue weighted by Gasteiger charge is -2.32. The highest BCUT2D eigenvalue weighted by molar-refractivity contribution is 5.95. The Kier molecular flexibility index (Phi) is 5.71. The number of rotatable bonds is 6. The van der Waals surface area contributed by atoms with E-state index in [1.165, 1.54) is 0 Å². The SMILES string of the molecule is CCn1cc(CNc2cccc(C(=O)N3CCCC(CO)C3)c2)cn1. The third kappa shape index (κ3) is 4.39. The zero-order valence-electron chi connectivity index (χ0n) is 14.7. The Hall–Kier alpha value is -2.34. The Morgan fingerprint density at radius 2 is 2.32 bits per heavy atom. The van der Waals surface area contributed by atoms with Crippen LogP contribution in [0.2, 0.25) is 0 Å². The second kappa shape index (κ2) is 8.16. The summed E-state index contributed by atoms with van der Waals surface area (Å²) in [7, 11) is 0. The Morgan fingerprint density at radius 1 is 1.44 bits per heavy atom. The van der Waals surface area contributed by atoms with Crippen LogP contribution >= 0.6 is 0 Å². The van der Waals surface area contributed by atoms with Gasteiger partial charge >= 0.3 is 0 Å². The summed E-state index contributed by atoms with van der Waals surface area (Å²) in [5, 5.41) is 17.0. The first kappa shape index (κ1) is 17.5. The number of aromatic nitrogens is 2. The molecule has 1 aromatic carbocycles. The Bertz CT molecular complexity index is 713. The Labute approximate surface area is 148 Å². The second-order valence-electron chi connectivity index (χ2n) is 6.58. The maximum atomic E-state index is 12.7. The maximum Gasteiger partial charge on any atom is 0.253 e. The van der Waals surface area contributed by atoms with Crippen LogP contribution in [0.3, 0.4) is 0 Å². The number of hydrogen-bond acceptors (Lipinski definition) is 4. The summed E-state index contributed by atoms with van der Waals surface area (Å²) < 4.78 is 1.89. The molecule has 1 aliphatic heterocycles. The van der Waals surface area contributed by atoms with Crippen LogP contribution in [0.15, 0.2) is 36.7 Å². The first-order chi connectivity index (χ1) is 12.2. The number of benzene rings is 1. The molecule has 6 nitrogen and oxygen atoms in total. The van der Waals surface area contributed by atoms with E-state index in [4.69, 9.17) is 0 Å². The molecule has 25 heavy (non-hydrogen) atoms. The number of anilines is 1. The molecule has 1 fully saturated rings. The molecule has 2 aromatic rings. The van der Waals surface area contributed by atoms with Gasteiger partial charge in [0, 0.05) is 55.8 Å². The molecule has 0 bridgehead atoms. The molecule has 1 saturated heterocycles. The van der Waals surface area contributed by atoms with Gasteiger partial charge in [-0.05, 0) is 43.9 Å². The lowest BCUT2D eigenvalue weighted by Crippen LogP contribution is -2.40. The molecule has 2 N–H and O–H groups in total. The monoisotopic (exact) mass is 342 g/mol. The molecule has 0 radical (unpaired) electrons. The van der Waals surface area contributed by atoms with Gasteiger partial charge in [-0.1, -0.05) is 6.07 Å². The maximum absolute atomic E-state index is 12.7. The summed E-state index contributed by atoms with van der Waals surface area (Å²) in [6.45, 7) is 5.15. The summed E-state index contributed by atoms with van der Waals surface area (Å²) >= 11 is 0. The van der Waals surface area contributed by atoms with Crippen LogP contribution in [-0.4, -0.2) is 45.4 Å². The Balaban J connectivity index is 1.63. The summed E-state index contributed by atoms with van der Waals surface area (Å²) in [6, 6.07) is 7.62. The number of aliphatic hydroxyl groups is 1. The van der Waals surface area contributed by atoms with Gasteiger partial charge in [-0.25, -0.2) is 0 Å². The van der Waals surface area contributed by atoms with Crippen molar-refractivity contribution in [2.24, 2.45) is 5.92 Å². The van der Waals surface area contributed by atoms with E-state index >= 15 is 0 Å². The Morgan fingerprint density at radius 3 is 3.08 bits per heavy atom. The van der Waals surface area contributed by atoms with Crippen molar-refractivity contribution in [3.63, 3.8) is 0 Å². The minimum Gasteiger partial charge on any atom is -0.396 e. The molecule has 3 rings (SSSR count). The standard InChI is InChI=1S/C19H26N4O2/c1-2-23-13-16(11-21-23)10-20-18-7-3-6-17(9-18)19(25)22-8-4-5-15(12-22)14-24/h3,6-7,9,11,13,15,20,24H,2,4-5,8,10,12,14H2,1H3. The number of hydrogen-bond donors (Lipinski definition) is 2. The van der Waals surface area contributed by atoms with Crippen LogP contribution in [0.25, 0.3) is 0 Å². The van der Waals surface area contributed by atoms with E-state index in [1.807, 2.05) is 46.2 Å². The van der Waals surface area contributed by atoms with Gasteiger partial charge in [0.1, 0.15) is 0 Å². The van der Waals surface area contributed by atoms with E-state index in [9.17, 15) is 9.90 Å². The average Bonchev–Trinajstić information content (AvgIpc) is 3.14. The molecule has 1 atom stereocenters. The fourth-order valence-corrected chi connectivity index (χ4v) is 3.22. The van der Waals surface area contributed by atoms with E-state index < -0.39 is 0 Å². The molecule has 134 valence electrons. The molecule has 0 saturated carbocycles. The fraction of sp³-hybridized carbons (Fsp3) is 0.474. The van der Waals surface area contributed by atoms with Crippen molar-refractivity contribution < 1.29 is 9.90 Å². The van der Waals surface area contributed by atoms with Crippen LogP contribution in [0.5, 0.6) is 0 Å². The number of piperidine rings is 1. The molecule has 1 amide bonds. The molecule has 6 heteroatoms. The summed E-state index contributed by atoms with van der Waals surface area (Å²) in [5.41, 5.74) is 2.72. The highest BCUT2D eigenvalue weighted by Crippen LogP contribution is 2.20. The smallest absolute Gasteiger partial charge is 0.253 e. The van der Waals surface area contributed by atoms with Crippen molar-refractivity contribution in [2.75, 3.05) is 25.0 Å². The topological polar surface area (TPSA) is 70.4 Å². The number of likely N-dealkylation sites (tertiary alicyclic amines) is 1. The van der Waals surface area contributed by atoms with Gasteiger partial charge in [0.25, 0.3) is 5.91 Å². The first-order valence-electron chi connectivity index (χ1n) is 8.95. The average molecular weight is 342 g/mol. The normalized spacial score (nSPS) is 17.5. The van der Waals surface area contributed by atoms with E-state index in [0.717, 1.165) is 37.2 Å². The van der Waals surface area contributed by atoms with Gasteiger partial charge in [0.2, 0.25) is 0 Å². The van der Waals surface area contributed by atoms with E-state index in [1.54, 1.807) is 0 Å². The van der Waals surface area contributed by atoms with Gasteiger partial charge in [0.15, 0.2) is 0 Å². The summed E-state index contributed by atoms with van der Waals surface area (Å²) in [6.07, 6.45) is 5.82. The molecule has 2 heterocycles. The molecule has 0 spiro atoms. The zero-order chi connectivity index (χ0) is 17.6. The van der Waals surface area contributed by atoms with Crippen LogP contribution in [-0.2, 0) is 13.1 Å². The van der Waals surface area contributed by atoms with Crippen molar-refractivity contribution in [1.29, 1.82) is 0 Å². The fourth-order valence-electron chi connectivity index (χ4n) is 3.22. The minimum absolute atomic E-state index is 0.0422. The van der Waals surface area contributed by atoms with Crippen molar-refractivity contribution in [3.8, 4) is 0 Å². The molecular weight excluding hydrogens is 316 g/mol. The number of nitrogens with one attached hydrogen (secondary N) is 1. The van der Waals surface area contributed by atoms with E-state index in [-0.39, 0.29) is 18.4 Å². The van der Waals surface area contributed by atoms with Crippen LogP contribution in [0.1, 0.15) is 35.7 Å². The third-order valence-electron chi connectivity index (χ3n) is 4.68. The highest BCUT2D eigenvalue weighted by Gasteiger charge is 2.24. The van der Waals surface area contributed by atoms with Crippen molar-refractivity contribution in [1.82, 2.24) is 14.7 Å². The van der Waals surface area contributed by atoms with Gasteiger partial charge in [-0.15, -0.1) is 0 Å². The molecular formula is C19H26N4O2. The van der Waals surface area contributed by atoms with Crippen molar-refractivity contribution >= 4 is 11.6 Å². The summed E-state index contributed by atoms with van der Waals surface area (Å²) in [5.74, 6) is 0.245. The largest absolute Gasteiger partial charge is 0.396 e. The zero-order valence-corrected chi connectivity index (χ0v) is 14.7. The predicted molar refractivity (Wildman–Crippen MR) is 97.4 cm³/mol. The third-order valence-corrected chi connectivity index (χ3v) is 4.68. The van der Waals surface area contributed by atoms with Gasteiger partial charge in [-0.3, -0.25) is 9.48 Å².